The van der Waals surface area contributed by atoms with Crippen molar-refractivity contribution in [2.75, 3.05) is 0 Å². The molecule has 0 aromatic carbocycles. The van der Waals surface area contributed by atoms with Gasteiger partial charge in [0.05, 0.1) is 5.69 Å². The van der Waals surface area contributed by atoms with E-state index in [2.05, 4.69) is 9.38 Å². The highest BCUT2D eigenvalue weighted by Gasteiger charge is 2.44. The Morgan fingerprint density at radius 1 is 1.50 bits per heavy atom. The van der Waals surface area contributed by atoms with Crippen molar-refractivity contribution >= 4 is 11.4 Å². The molecule has 82 valence electrons. The molecule has 3 heteroatoms. The van der Waals surface area contributed by atoms with Crippen molar-refractivity contribution < 1.29 is 4.79 Å². The van der Waals surface area contributed by atoms with Crippen molar-refractivity contribution in [2.24, 2.45) is 5.92 Å². The van der Waals surface area contributed by atoms with E-state index in [1.54, 1.807) is 6.92 Å². The summed E-state index contributed by atoms with van der Waals surface area (Å²) in [6.45, 7) is 3.71. The predicted octanol–water partition coefficient (Wildman–Crippen LogP) is 2.34. The number of hydrogen-bond donors (Lipinski definition) is 0. The van der Waals surface area contributed by atoms with Gasteiger partial charge in [-0.1, -0.05) is 6.07 Å². The quantitative estimate of drug-likeness (QED) is 0.769. The number of fused-ring (bicyclic) bond motifs is 1. The molecule has 0 aliphatic heterocycles. The molecule has 2 heterocycles. The summed E-state index contributed by atoms with van der Waals surface area (Å²) in [4.78, 5) is 15.8. The molecule has 16 heavy (non-hydrogen) atoms. The van der Waals surface area contributed by atoms with Crippen LogP contribution >= 0.6 is 0 Å². The summed E-state index contributed by atoms with van der Waals surface area (Å²) in [7, 11) is 0. The topological polar surface area (TPSA) is 34.4 Å². The third-order valence-electron chi connectivity index (χ3n) is 3.41. The van der Waals surface area contributed by atoms with Crippen LogP contribution in [0.25, 0.3) is 5.65 Å². The Labute approximate surface area is 94.1 Å². The molecule has 1 saturated carbocycles. The molecule has 0 radical (unpaired) electrons. The van der Waals surface area contributed by atoms with Gasteiger partial charge in [0, 0.05) is 23.7 Å². The molecule has 1 aliphatic rings. The number of imidazole rings is 1. The first-order chi connectivity index (χ1) is 7.68. The Balaban J connectivity index is 2.11. The molecule has 0 bridgehead atoms. The SMILES string of the molecule is CC(=O)C1CC1c1c(C)nc2ccccn12. The van der Waals surface area contributed by atoms with Gasteiger partial charge in [-0.05, 0) is 32.4 Å². The summed E-state index contributed by atoms with van der Waals surface area (Å²) in [5.41, 5.74) is 3.25. The zero-order valence-corrected chi connectivity index (χ0v) is 9.47. The van der Waals surface area contributed by atoms with Crippen LogP contribution in [0.15, 0.2) is 24.4 Å². The normalized spacial score (nSPS) is 23.6. The Bertz CT molecular complexity index is 570. The highest BCUT2D eigenvalue weighted by atomic mass is 16.1. The van der Waals surface area contributed by atoms with Crippen molar-refractivity contribution in [3.8, 4) is 0 Å². The van der Waals surface area contributed by atoms with Crippen molar-refractivity contribution in [3.63, 3.8) is 0 Å². The number of aromatic nitrogens is 2. The molecule has 1 fully saturated rings. The van der Waals surface area contributed by atoms with Gasteiger partial charge in [0.1, 0.15) is 11.4 Å². The number of pyridine rings is 1. The van der Waals surface area contributed by atoms with Crippen molar-refractivity contribution in [3.05, 3.63) is 35.8 Å². The lowest BCUT2D eigenvalue weighted by Gasteiger charge is -2.00. The van der Waals surface area contributed by atoms with Crippen LogP contribution in [0.5, 0.6) is 0 Å². The minimum Gasteiger partial charge on any atom is -0.304 e. The van der Waals surface area contributed by atoms with Gasteiger partial charge in [-0.3, -0.25) is 4.79 Å². The number of nitrogens with zero attached hydrogens (tertiary/aromatic N) is 2. The first-order valence-corrected chi connectivity index (χ1v) is 5.62. The van der Waals surface area contributed by atoms with E-state index in [-0.39, 0.29) is 5.92 Å². The molecule has 0 spiro atoms. The first kappa shape index (κ1) is 9.58. The van der Waals surface area contributed by atoms with Crippen LogP contribution in [0.3, 0.4) is 0 Å². The molecular formula is C13H14N2O. The standard InChI is InChI=1S/C13H14N2O/c1-8-13(11-7-10(11)9(2)16)15-6-4-3-5-12(15)14-8/h3-6,10-11H,7H2,1-2H3. The number of carbonyl (C=O) groups is 1. The maximum atomic E-state index is 11.3. The van der Waals surface area contributed by atoms with Gasteiger partial charge in [0.15, 0.2) is 0 Å². The number of aryl methyl sites for hydroxylation is 1. The summed E-state index contributed by atoms with van der Waals surface area (Å²) < 4.78 is 2.11. The molecule has 2 atom stereocenters. The summed E-state index contributed by atoms with van der Waals surface area (Å²) in [6, 6.07) is 5.99. The van der Waals surface area contributed by atoms with Crippen molar-refractivity contribution in [1.82, 2.24) is 9.38 Å². The molecule has 0 amide bonds. The highest BCUT2D eigenvalue weighted by Crippen LogP contribution is 2.48. The van der Waals surface area contributed by atoms with Crippen LogP contribution < -0.4 is 0 Å². The minimum absolute atomic E-state index is 0.221. The summed E-state index contributed by atoms with van der Waals surface area (Å²) >= 11 is 0. The van der Waals surface area contributed by atoms with Crippen LogP contribution in [0.4, 0.5) is 0 Å². The predicted molar refractivity (Wildman–Crippen MR) is 61.5 cm³/mol. The lowest BCUT2D eigenvalue weighted by atomic mass is 10.1. The number of Topliss-reactive ketones (excluding diaryl/α,β-unsaturated/α-hetero) is 1. The van der Waals surface area contributed by atoms with E-state index in [1.165, 1.54) is 5.69 Å². The van der Waals surface area contributed by atoms with E-state index < -0.39 is 0 Å². The van der Waals surface area contributed by atoms with Gasteiger partial charge in [-0.25, -0.2) is 4.98 Å². The van der Waals surface area contributed by atoms with Crippen molar-refractivity contribution in [2.45, 2.75) is 26.2 Å². The number of rotatable bonds is 2. The number of carbonyl (C=O) groups excluding carboxylic acids is 1. The third-order valence-corrected chi connectivity index (χ3v) is 3.41. The van der Waals surface area contributed by atoms with Crippen molar-refractivity contribution in [1.29, 1.82) is 0 Å². The Hall–Kier alpha value is -1.64. The Morgan fingerprint density at radius 3 is 3.00 bits per heavy atom. The van der Waals surface area contributed by atoms with Crippen LogP contribution in [-0.2, 0) is 4.79 Å². The molecular weight excluding hydrogens is 200 g/mol. The van der Waals surface area contributed by atoms with Crippen LogP contribution in [0.1, 0.15) is 30.7 Å². The lowest BCUT2D eigenvalue weighted by molar-refractivity contribution is -0.118. The van der Waals surface area contributed by atoms with Gasteiger partial charge < -0.3 is 4.40 Å². The van der Waals surface area contributed by atoms with E-state index in [0.29, 0.717) is 11.7 Å². The molecule has 2 aromatic heterocycles. The van der Waals surface area contributed by atoms with E-state index in [4.69, 9.17) is 0 Å². The van der Waals surface area contributed by atoms with Crippen LogP contribution in [0.2, 0.25) is 0 Å². The Kier molecular flexibility index (Phi) is 1.90. The number of hydrogen-bond acceptors (Lipinski definition) is 2. The maximum Gasteiger partial charge on any atom is 0.137 e. The van der Waals surface area contributed by atoms with Gasteiger partial charge in [0.25, 0.3) is 0 Å². The fourth-order valence-corrected chi connectivity index (χ4v) is 2.53. The lowest BCUT2D eigenvalue weighted by Crippen LogP contribution is -1.98. The summed E-state index contributed by atoms with van der Waals surface area (Å²) in [5, 5.41) is 0. The van der Waals surface area contributed by atoms with Gasteiger partial charge in [0.2, 0.25) is 0 Å². The molecule has 3 nitrogen and oxygen atoms in total. The van der Waals surface area contributed by atoms with E-state index in [1.807, 2.05) is 31.3 Å². The van der Waals surface area contributed by atoms with Gasteiger partial charge in [-0.15, -0.1) is 0 Å². The minimum atomic E-state index is 0.221. The zero-order chi connectivity index (χ0) is 11.3. The fourth-order valence-electron chi connectivity index (χ4n) is 2.53. The van der Waals surface area contributed by atoms with E-state index in [9.17, 15) is 4.79 Å². The monoisotopic (exact) mass is 214 g/mol. The maximum absolute atomic E-state index is 11.3. The van der Waals surface area contributed by atoms with E-state index in [0.717, 1.165) is 17.8 Å². The first-order valence-electron chi connectivity index (χ1n) is 5.62. The molecule has 2 unspecified atom stereocenters. The van der Waals surface area contributed by atoms with Gasteiger partial charge in [-0.2, -0.15) is 0 Å². The molecule has 1 aliphatic carbocycles. The molecule has 3 rings (SSSR count). The largest absolute Gasteiger partial charge is 0.304 e. The number of ketones is 1. The van der Waals surface area contributed by atoms with Gasteiger partial charge >= 0.3 is 0 Å². The zero-order valence-electron chi connectivity index (χ0n) is 9.47. The average molecular weight is 214 g/mol. The smallest absolute Gasteiger partial charge is 0.137 e. The average Bonchev–Trinajstić information content (AvgIpc) is 2.95. The second kappa shape index (κ2) is 3.17. The summed E-state index contributed by atoms with van der Waals surface area (Å²) in [5.74, 6) is 0.906. The third kappa shape index (κ3) is 1.28. The second-order valence-electron chi connectivity index (χ2n) is 4.57. The van der Waals surface area contributed by atoms with Crippen LogP contribution in [-0.4, -0.2) is 15.2 Å². The summed E-state index contributed by atoms with van der Waals surface area (Å²) in [6.07, 6.45) is 3.01. The molecule has 0 N–H and O–H groups in total. The molecule has 2 aromatic rings. The highest BCUT2D eigenvalue weighted by molar-refractivity contribution is 5.82. The Morgan fingerprint density at radius 2 is 2.31 bits per heavy atom. The van der Waals surface area contributed by atoms with Crippen LogP contribution in [0, 0.1) is 12.8 Å². The molecule has 0 saturated heterocycles. The second-order valence-corrected chi connectivity index (χ2v) is 4.57. The van der Waals surface area contributed by atoms with E-state index >= 15 is 0 Å². The fraction of sp³-hybridized carbons (Fsp3) is 0.385.